The van der Waals surface area contributed by atoms with E-state index < -0.39 is 0 Å². The Kier molecular flexibility index (Phi) is 5.95. The molecular weight excluding hydrogens is 378 g/mol. The van der Waals surface area contributed by atoms with Crippen LogP contribution in [0, 0.1) is 5.41 Å². The number of carbonyl (C=O) groups is 2. The highest BCUT2D eigenvalue weighted by Crippen LogP contribution is 2.42. The SMILES string of the molecule is O=C(c1ccccn1)N1CC[C@]2(CO)CCCN(C(=O)/C=C/c3ccccc3)[C@H]2C1. The summed E-state index contributed by atoms with van der Waals surface area (Å²) in [4.78, 5) is 33.8. The number of aliphatic hydroxyl groups excluding tert-OH is 1. The Morgan fingerprint density at radius 3 is 2.63 bits per heavy atom. The van der Waals surface area contributed by atoms with Gasteiger partial charge in [0.2, 0.25) is 5.91 Å². The highest BCUT2D eigenvalue weighted by molar-refractivity contribution is 5.93. The van der Waals surface area contributed by atoms with Crippen LogP contribution in [0.3, 0.4) is 0 Å². The van der Waals surface area contributed by atoms with Crippen molar-refractivity contribution in [3.63, 3.8) is 0 Å². The lowest BCUT2D eigenvalue weighted by Gasteiger charge is -2.54. The van der Waals surface area contributed by atoms with Gasteiger partial charge in [0, 0.05) is 37.3 Å². The molecule has 0 saturated carbocycles. The zero-order valence-corrected chi connectivity index (χ0v) is 17.0. The quantitative estimate of drug-likeness (QED) is 0.794. The number of nitrogens with zero attached hydrogens (tertiary/aromatic N) is 3. The third-order valence-electron chi connectivity index (χ3n) is 6.42. The van der Waals surface area contributed by atoms with Gasteiger partial charge in [0.15, 0.2) is 0 Å². The fraction of sp³-hybridized carbons (Fsp3) is 0.375. The molecule has 2 aromatic rings. The first-order valence-electron chi connectivity index (χ1n) is 10.5. The molecule has 156 valence electrons. The van der Waals surface area contributed by atoms with Crippen molar-refractivity contribution >= 4 is 17.9 Å². The van der Waals surface area contributed by atoms with Crippen LogP contribution in [-0.2, 0) is 4.79 Å². The second-order valence-electron chi connectivity index (χ2n) is 8.13. The maximum atomic E-state index is 13.1. The fourth-order valence-electron chi connectivity index (χ4n) is 4.69. The van der Waals surface area contributed by atoms with Gasteiger partial charge in [-0.2, -0.15) is 0 Å². The van der Waals surface area contributed by atoms with E-state index >= 15 is 0 Å². The van der Waals surface area contributed by atoms with Crippen molar-refractivity contribution in [3.8, 4) is 0 Å². The largest absolute Gasteiger partial charge is 0.396 e. The van der Waals surface area contributed by atoms with Crippen LogP contribution in [0.2, 0.25) is 0 Å². The molecule has 2 atom stereocenters. The minimum atomic E-state index is -0.352. The van der Waals surface area contributed by atoms with Gasteiger partial charge in [-0.3, -0.25) is 14.6 Å². The Labute approximate surface area is 176 Å². The molecule has 0 radical (unpaired) electrons. The molecule has 0 aliphatic carbocycles. The molecule has 2 aliphatic heterocycles. The molecule has 6 heteroatoms. The molecule has 1 aromatic carbocycles. The van der Waals surface area contributed by atoms with Gasteiger partial charge in [-0.05, 0) is 43.0 Å². The van der Waals surface area contributed by atoms with Crippen molar-refractivity contribution in [2.24, 2.45) is 5.41 Å². The first-order valence-corrected chi connectivity index (χ1v) is 10.5. The molecular formula is C24H27N3O3. The second kappa shape index (κ2) is 8.79. The van der Waals surface area contributed by atoms with E-state index in [0.29, 0.717) is 31.7 Å². The number of pyridine rings is 1. The Morgan fingerprint density at radius 1 is 1.10 bits per heavy atom. The maximum Gasteiger partial charge on any atom is 0.272 e. The molecule has 1 N–H and O–H groups in total. The number of amides is 2. The number of hydrogen-bond donors (Lipinski definition) is 1. The predicted molar refractivity (Wildman–Crippen MR) is 114 cm³/mol. The van der Waals surface area contributed by atoms with Crippen LogP contribution in [0.5, 0.6) is 0 Å². The molecule has 3 heterocycles. The lowest BCUT2D eigenvalue weighted by Crippen LogP contribution is -2.64. The van der Waals surface area contributed by atoms with Gasteiger partial charge in [0.05, 0.1) is 12.6 Å². The molecule has 2 saturated heterocycles. The molecule has 0 bridgehead atoms. The summed E-state index contributed by atoms with van der Waals surface area (Å²) in [5.41, 5.74) is 1.02. The highest BCUT2D eigenvalue weighted by atomic mass is 16.3. The lowest BCUT2D eigenvalue weighted by molar-refractivity contribution is -0.140. The van der Waals surface area contributed by atoms with E-state index in [9.17, 15) is 14.7 Å². The molecule has 4 rings (SSSR count). The number of aliphatic hydroxyl groups is 1. The van der Waals surface area contributed by atoms with Crippen molar-refractivity contribution < 1.29 is 14.7 Å². The number of benzene rings is 1. The number of piperidine rings is 2. The van der Waals surface area contributed by atoms with Gasteiger partial charge in [-0.15, -0.1) is 0 Å². The van der Waals surface area contributed by atoms with E-state index in [1.54, 1.807) is 35.4 Å². The summed E-state index contributed by atoms with van der Waals surface area (Å²) in [6.07, 6.45) is 7.43. The van der Waals surface area contributed by atoms with E-state index in [1.165, 1.54) is 0 Å². The Hall–Kier alpha value is -2.99. The predicted octanol–water partition coefficient (Wildman–Crippen LogP) is 2.61. The van der Waals surface area contributed by atoms with Crippen molar-refractivity contribution in [2.75, 3.05) is 26.2 Å². The molecule has 2 fully saturated rings. The van der Waals surface area contributed by atoms with Crippen LogP contribution in [-0.4, -0.2) is 64.0 Å². The van der Waals surface area contributed by atoms with Crippen molar-refractivity contribution in [1.29, 1.82) is 0 Å². The van der Waals surface area contributed by atoms with Crippen LogP contribution < -0.4 is 0 Å². The summed E-state index contributed by atoms with van der Waals surface area (Å²) in [7, 11) is 0. The third-order valence-corrected chi connectivity index (χ3v) is 6.42. The Balaban J connectivity index is 1.55. The normalized spacial score (nSPS) is 24.0. The summed E-state index contributed by atoms with van der Waals surface area (Å²) in [5.74, 6) is -0.201. The first kappa shape index (κ1) is 20.3. The summed E-state index contributed by atoms with van der Waals surface area (Å²) in [6, 6.07) is 14.8. The number of rotatable bonds is 4. The smallest absolute Gasteiger partial charge is 0.272 e. The van der Waals surface area contributed by atoms with Crippen molar-refractivity contribution in [1.82, 2.24) is 14.8 Å². The Bertz CT molecular complexity index is 916. The fourth-order valence-corrected chi connectivity index (χ4v) is 4.69. The molecule has 0 spiro atoms. The molecule has 0 unspecified atom stereocenters. The van der Waals surface area contributed by atoms with E-state index in [1.807, 2.05) is 41.3 Å². The van der Waals surface area contributed by atoms with Gasteiger partial charge < -0.3 is 14.9 Å². The van der Waals surface area contributed by atoms with Gasteiger partial charge in [0.1, 0.15) is 5.69 Å². The second-order valence-corrected chi connectivity index (χ2v) is 8.13. The number of likely N-dealkylation sites (tertiary alicyclic amines) is 2. The van der Waals surface area contributed by atoms with E-state index in [-0.39, 0.29) is 29.9 Å². The van der Waals surface area contributed by atoms with E-state index in [0.717, 1.165) is 18.4 Å². The van der Waals surface area contributed by atoms with E-state index in [4.69, 9.17) is 0 Å². The maximum absolute atomic E-state index is 13.1. The number of aromatic nitrogens is 1. The van der Waals surface area contributed by atoms with Gasteiger partial charge >= 0.3 is 0 Å². The number of carbonyl (C=O) groups excluding carboxylic acids is 2. The van der Waals surface area contributed by atoms with Crippen LogP contribution in [0.25, 0.3) is 6.08 Å². The van der Waals surface area contributed by atoms with Crippen LogP contribution in [0.4, 0.5) is 0 Å². The van der Waals surface area contributed by atoms with Gasteiger partial charge in [-0.25, -0.2) is 0 Å². The first-order chi connectivity index (χ1) is 14.6. The topological polar surface area (TPSA) is 73.7 Å². The zero-order chi connectivity index (χ0) is 21.0. The van der Waals surface area contributed by atoms with Crippen LogP contribution in [0.1, 0.15) is 35.3 Å². The van der Waals surface area contributed by atoms with Crippen LogP contribution >= 0.6 is 0 Å². The third kappa shape index (κ3) is 4.00. The van der Waals surface area contributed by atoms with Crippen molar-refractivity contribution in [2.45, 2.75) is 25.3 Å². The average Bonchev–Trinajstić information content (AvgIpc) is 2.82. The summed E-state index contributed by atoms with van der Waals surface area (Å²) in [6.45, 7) is 1.64. The molecule has 6 nitrogen and oxygen atoms in total. The monoisotopic (exact) mass is 405 g/mol. The summed E-state index contributed by atoms with van der Waals surface area (Å²) in [5, 5.41) is 10.3. The number of fused-ring (bicyclic) bond motifs is 1. The summed E-state index contributed by atoms with van der Waals surface area (Å²) >= 11 is 0. The molecule has 30 heavy (non-hydrogen) atoms. The highest BCUT2D eigenvalue weighted by Gasteiger charge is 2.49. The summed E-state index contributed by atoms with van der Waals surface area (Å²) < 4.78 is 0. The lowest BCUT2D eigenvalue weighted by atomic mass is 9.69. The average molecular weight is 405 g/mol. The van der Waals surface area contributed by atoms with E-state index in [2.05, 4.69) is 4.98 Å². The zero-order valence-electron chi connectivity index (χ0n) is 17.0. The van der Waals surface area contributed by atoms with Gasteiger partial charge in [-0.1, -0.05) is 36.4 Å². The van der Waals surface area contributed by atoms with Crippen molar-refractivity contribution in [3.05, 3.63) is 72.1 Å². The molecule has 1 aromatic heterocycles. The minimum Gasteiger partial charge on any atom is -0.396 e. The number of hydrogen-bond acceptors (Lipinski definition) is 4. The molecule has 2 aliphatic rings. The van der Waals surface area contributed by atoms with Gasteiger partial charge in [0.25, 0.3) is 5.91 Å². The Morgan fingerprint density at radius 2 is 1.90 bits per heavy atom. The van der Waals surface area contributed by atoms with Crippen LogP contribution in [0.15, 0.2) is 60.8 Å². The standard InChI is InChI=1S/C24H27N3O3/c28-18-24-12-6-15-27(22(29)11-10-19-7-2-1-3-8-19)21(24)17-26(16-13-24)23(30)20-9-4-5-14-25-20/h1-5,7-11,14,21,28H,6,12-13,15-18H2/b11-10+/t21-,24-/m0/s1. The molecule has 2 amide bonds. The minimum absolute atomic E-state index is 0.0233.